The number of carbonyl (C=O) groups excluding carboxylic acids is 1. The first-order valence-corrected chi connectivity index (χ1v) is 7.83. The van der Waals surface area contributed by atoms with Crippen molar-refractivity contribution in [2.45, 2.75) is 6.54 Å². The Hall–Kier alpha value is -1.08. The predicted molar refractivity (Wildman–Crippen MR) is 90.8 cm³/mol. The molecule has 5 heteroatoms. The van der Waals surface area contributed by atoms with E-state index in [0.717, 1.165) is 13.6 Å². The molecule has 2 aromatic rings. The summed E-state index contributed by atoms with van der Waals surface area (Å²) < 4.78 is 1.74. The molecule has 1 N–H and O–H groups in total. The van der Waals surface area contributed by atoms with Crippen molar-refractivity contribution in [3.05, 3.63) is 61.6 Å². The summed E-state index contributed by atoms with van der Waals surface area (Å²) in [4.78, 5) is 13.9. The minimum Gasteiger partial charge on any atom is -0.507 e. The second kappa shape index (κ2) is 6.58. The zero-order chi connectivity index (χ0) is 14.7. The Morgan fingerprint density at radius 1 is 1.25 bits per heavy atom. The van der Waals surface area contributed by atoms with E-state index in [-0.39, 0.29) is 11.7 Å². The lowest BCUT2D eigenvalue weighted by Gasteiger charge is -2.17. The summed E-state index contributed by atoms with van der Waals surface area (Å²) in [5, 5.41) is 9.67. The minimum atomic E-state index is -0.111. The highest BCUT2D eigenvalue weighted by atomic mass is 127. The highest BCUT2D eigenvalue weighted by Gasteiger charge is 2.13. The number of hydrogen-bond donors (Lipinski definition) is 1. The number of benzene rings is 2. The summed E-state index contributed by atoms with van der Waals surface area (Å²) in [7, 11) is 1.75. The van der Waals surface area contributed by atoms with Gasteiger partial charge in [-0.2, -0.15) is 0 Å². The lowest BCUT2D eigenvalue weighted by Crippen LogP contribution is -2.26. The number of nitrogens with zero attached hydrogens (tertiary/aromatic N) is 1. The largest absolute Gasteiger partial charge is 0.507 e. The van der Waals surface area contributed by atoms with Crippen LogP contribution in [-0.2, 0) is 6.54 Å². The number of hydrogen-bond acceptors (Lipinski definition) is 2. The number of halogens is 2. The summed E-state index contributed by atoms with van der Waals surface area (Å²) in [6.07, 6.45) is 0. The molecule has 2 rings (SSSR count). The molecule has 3 nitrogen and oxygen atoms in total. The van der Waals surface area contributed by atoms with Gasteiger partial charge >= 0.3 is 0 Å². The summed E-state index contributed by atoms with van der Waals surface area (Å²) in [6.45, 7) is 0.527. The molecule has 0 heterocycles. The number of rotatable bonds is 3. The Morgan fingerprint density at radius 3 is 2.50 bits per heavy atom. The van der Waals surface area contributed by atoms with Crippen LogP contribution < -0.4 is 0 Å². The van der Waals surface area contributed by atoms with Crippen molar-refractivity contribution in [3.63, 3.8) is 0 Å². The number of phenolic OH excluding ortho intramolecular Hbond substituents is 1. The van der Waals surface area contributed by atoms with E-state index >= 15 is 0 Å². The third-order valence-electron chi connectivity index (χ3n) is 2.87. The van der Waals surface area contributed by atoms with Gasteiger partial charge in [-0.1, -0.05) is 28.1 Å². The molecule has 0 radical (unpaired) electrons. The van der Waals surface area contributed by atoms with Crippen LogP contribution >= 0.6 is 38.5 Å². The number of amides is 1. The SMILES string of the molecule is CN(Cc1ccc(Br)cc1)C(=O)c1ccc(I)c(O)c1. The van der Waals surface area contributed by atoms with Crippen molar-refractivity contribution in [2.75, 3.05) is 7.05 Å². The Morgan fingerprint density at radius 2 is 1.90 bits per heavy atom. The maximum Gasteiger partial charge on any atom is 0.254 e. The number of carbonyl (C=O) groups is 1. The molecule has 104 valence electrons. The molecule has 0 aromatic heterocycles. The second-order valence-corrected chi connectivity index (χ2v) is 6.53. The highest BCUT2D eigenvalue weighted by molar-refractivity contribution is 14.1. The van der Waals surface area contributed by atoms with Crippen molar-refractivity contribution in [1.82, 2.24) is 4.90 Å². The first kappa shape index (κ1) is 15.3. The van der Waals surface area contributed by atoms with Gasteiger partial charge in [0.05, 0.1) is 3.57 Å². The van der Waals surface area contributed by atoms with Gasteiger partial charge in [-0.05, 0) is 58.5 Å². The van der Waals surface area contributed by atoms with Crippen molar-refractivity contribution < 1.29 is 9.90 Å². The van der Waals surface area contributed by atoms with E-state index in [9.17, 15) is 9.90 Å². The second-order valence-electron chi connectivity index (χ2n) is 4.45. The smallest absolute Gasteiger partial charge is 0.254 e. The molecule has 0 fully saturated rings. The van der Waals surface area contributed by atoms with Crippen molar-refractivity contribution in [1.29, 1.82) is 0 Å². The van der Waals surface area contributed by atoms with E-state index in [1.807, 2.05) is 46.9 Å². The molecule has 1 amide bonds. The molecule has 0 atom stereocenters. The molecule has 0 unspecified atom stereocenters. The van der Waals surface area contributed by atoms with E-state index in [1.54, 1.807) is 24.1 Å². The minimum absolute atomic E-state index is 0.111. The molecular formula is C15H13BrINO2. The molecular weight excluding hydrogens is 433 g/mol. The molecule has 0 aliphatic heterocycles. The summed E-state index contributed by atoms with van der Waals surface area (Å²) >= 11 is 5.41. The summed E-state index contributed by atoms with van der Waals surface area (Å²) in [6, 6.07) is 12.8. The van der Waals surface area contributed by atoms with Gasteiger partial charge in [0.15, 0.2) is 0 Å². The van der Waals surface area contributed by atoms with E-state index < -0.39 is 0 Å². The molecule has 0 spiro atoms. The third kappa shape index (κ3) is 3.73. The quantitative estimate of drug-likeness (QED) is 0.724. The Kier molecular flexibility index (Phi) is 5.04. The van der Waals surface area contributed by atoms with Crippen molar-refractivity contribution >= 4 is 44.4 Å². The fourth-order valence-electron chi connectivity index (χ4n) is 1.80. The Bertz CT molecular complexity index is 628. The van der Waals surface area contributed by atoms with Crippen LogP contribution in [0.2, 0.25) is 0 Å². The predicted octanol–water partition coefficient (Wildman–Crippen LogP) is 4.03. The molecule has 0 bridgehead atoms. The van der Waals surface area contributed by atoms with Crippen LogP contribution in [-0.4, -0.2) is 23.0 Å². The van der Waals surface area contributed by atoms with Gasteiger partial charge in [0.1, 0.15) is 5.75 Å². The topological polar surface area (TPSA) is 40.5 Å². The molecule has 20 heavy (non-hydrogen) atoms. The number of aromatic hydroxyl groups is 1. The van der Waals surface area contributed by atoms with Gasteiger partial charge in [-0.3, -0.25) is 4.79 Å². The van der Waals surface area contributed by atoms with Gasteiger partial charge in [-0.25, -0.2) is 0 Å². The van der Waals surface area contributed by atoms with Gasteiger partial charge in [0.25, 0.3) is 5.91 Å². The molecule has 0 saturated carbocycles. The van der Waals surface area contributed by atoms with Crippen molar-refractivity contribution in [3.8, 4) is 5.75 Å². The Balaban J connectivity index is 2.11. The zero-order valence-electron chi connectivity index (χ0n) is 10.8. The standard InChI is InChI=1S/C15H13BrINO2/c1-18(9-10-2-5-12(16)6-3-10)15(20)11-4-7-13(17)14(19)8-11/h2-8,19H,9H2,1H3. The average Bonchev–Trinajstić information content (AvgIpc) is 2.43. The van der Waals surface area contributed by atoms with Gasteiger partial charge < -0.3 is 10.0 Å². The van der Waals surface area contributed by atoms with E-state index in [4.69, 9.17) is 0 Å². The zero-order valence-corrected chi connectivity index (χ0v) is 14.6. The molecule has 0 saturated heterocycles. The van der Waals surface area contributed by atoms with Crippen LogP contribution in [0.5, 0.6) is 5.75 Å². The van der Waals surface area contributed by atoms with Crippen LogP contribution in [0.1, 0.15) is 15.9 Å². The van der Waals surface area contributed by atoms with Crippen LogP contribution in [0.4, 0.5) is 0 Å². The van der Waals surface area contributed by atoms with Crippen LogP contribution in [0, 0.1) is 3.57 Å². The first-order valence-electron chi connectivity index (χ1n) is 5.96. The highest BCUT2D eigenvalue weighted by Crippen LogP contribution is 2.21. The average molecular weight is 446 g/mol. The fourth-order valence-corrected chi connectivity index (χ4v) is 2.40. The van der Waals surface area contributed by atoms with E-state index in [1.165, 1.54) is 6.07 Å². The normalized spacial score (nSPS) is 10.3. The monoisotopic (exact) mass is 445 g/mol. The summed E-state index contributed by atoms with van der Waals surface area (Å²) in [5.74, 6) is 0.0214. The molecule has 0 aliphatic carbocycles. The fraction of sp³-hybridized carbons (Fsp3) is 0.133. The lowest BCUT2D eigenvalue weighted by molar-refractivity contribution is 0.0784. The van der Waals surface area contributed by atoms with Crippen molar-refractivity contribution in [2.24, 2.45) is 0 Å². The molecule has 2 aromatic carbocycles. The molecule has 0 aliphatic rings. The lowest BCUT2D eigenvalue weighted by atomic mass is 10.1. The van der Waals surface area contributed by atoms with Crippen LogP contribution in [0.25, 0.3) is 0 Å². The van der Waals surface area contributed by atoms with E-state index in [2.05, 4.69) is 15.9 Å². The van der Waals surface area contributed by atoms with Gasteiger partial charge in [0, 0.05) is 23.6 Å². The maximum atomic E-state index is 12.3. The number of phenols is 1. The van der Waals surface area contributed by atoms with Gasteiger partial charge in [0.2, 0.25) is 0 Å². The maximum absolute atomic E-state index is 12.3. The van der Waals surface area contributed by atoms with E-state index in [0.29, 0.717) is 12.1 Å². The Labute approximate surface area is 139 Å². The van der Waals surface area contributed by atoms with Gasteiger partial charge in [-0.15, -0.1) is 0 Å². The summed E-state index contributed by atoms with van der Waals surface area (Å²) in [5.41, 5.74) is 1.54. The third-order valence-corrected chi connectivity index (χ3v) is 4.31. The van der Waals surface area contributed by atoms with Crippen LogP contribution in [0.15, 0.2) is 46.9 Å². The first-order chi connectivity index (χ1) is 9.47. The van der Waals surface area contributed by atoms with Crippen LogP contribution in [0.3, 0.4) is 0 Å².